The van der Waals surface area contributed by atoms with Gasteiger partial charge in [0, 0.05) is 11.8 Å². The summed E-state index contributed by atoms with van der Waals surface area (Å²) in [5, 5.41) is 4.05. The Kier molecular flexibility index (Phi) is 6.44. The Morgan fingerprint density at radius 3 is 1.21 bits per heavy atom. The summed E-state index contributed by atoms with van der Waals surface area (Å²) in [5.41, 5.74) is 12.3. The second-order valence-corrected chi connectivity index (χ2v) is 10.1. The first-order valence-corrected chi connectivity index (χ1v) is 12.6. The molecule has 0 aliphatic heterocycles. The van der Waals surface area contributed by atoms with Crippen molar-refractivity contribution in [3.63, 3.8) is 0 Å². The molecule has 2 N–H and O–H groups in total. The fourth-order valence-electron chi connectivity index (χ4n) is 4.29. The van der Waals surface area contributed by atoms with Gasteiger partial charge < -0.3 is 5.73 Å². The van der Waals surface area contributed by atoms with Gasteiger partial charge in [-0.15, -0.1) is 0 Å². The Hall–Kier alpha value is -3.51. The average molecular weight is 444 g/mol. The molecule has 0 aliphatic rings. The Bertz CT molecular complexity index is 1220. The average Bonchev–Trinajstić information content (AvgIpc) is 2.91. The summed E-state index contributed by atoms with van der Waals surface area (Å²) in [7, 11) is -0.793. The van der Waals surface area contributed by atoms with E-state index in [2.05, 4.69) is 133 Å². The third-order valence-electron chi connectivity index (χ3n) is 5.83. The summed E-state index contributed by atoms with van der Waals surface area (Å²) >= 11 is 0. The van der Waals surface area contributed by atoms with Gasteiger partial charge in [-0.1, -0.05) is 121 Å². The van der Waals surface area contributed by atoms with E-state index in [1.54, 1.807) is 0 Å². The van der Waals surface area contributed by atoms with E-state index < -0.39 is 7.92 Å². The summed E-state index contributed by atoms with van der Waals surface area (Å²) in [6.45, 7) is 0.508. The molecule has 160 valence electrons. The zero-order chi connectivity index (χ0) is 22.5. The molecule has 5 aromatic rings. The highest BCUT2D eigenvalue weighted by Gasteiger charge is 2.24. The first-order valence-electron chi connectivity index (χ1n) is 11.2. The zero-order valence-corrected chi connectivity index (χ0v) is 19.3. The maximum Gasteiger partial charge on any atom is 0.0178 e. The van der Waals surface area contributed by atoms with Crippen molar-refractivity contribution in [2.24, 2.45) is 5.73 Å². The van der Waals surface area contributed by atoms with E-state index in [0.717, 1.165) is 5.56 Å². The van der Waals surface area contributed by atoms with Crippen molar-refractivity contribution < 1.29 is 0 Å². The van der Waals surface area contributed by atoms with Crippen LogP contribution in [0.25, 0.3) is 22.3 Å². The zero-order valence-electron chi connectivity index (χ0n) is 18.4. The van der Waals surface area contributed by atoms with E-state index in [1.165, 1.54) is 38.2 Å². The molecular weight excluding hydrogens is 417 g/mol. The van der Waals surface area contributed by atoms with Gasteiger partial charge in [-0.25, -0.2) is 0 Å². The van der Waals surface area contributed by atoms with Crippen LogP contribution in [0.15, 0.2) is 133 Å². The minimum absolute atomic E-state index is 0.508. The molecule has 0 saturated heterocycles. The van der Waals surface area contributed by atoms with E-state index in [0.29, 0.717) is 6.54 Å². The summed E-state index contributed by atoms with van der Waals surface area (Å²) in [4.78, 5) is 0. The molecule has 0 unspecified atom stereocenters. The van der Waals surface area contributed by atoms with Crippen LogP contribution in [0.4, 0.5) is 0 Å². The molecule has 33 heavy (non-hydrogen) atoms. The lowest BCUT2D eigenvalue weighted by atomic mass is 9.96. The first-order chi connectivity index (χ1) is 16.3. The number of nitrogens with two attached hydrogens (primary N) is 1. The second kappa shape index (κ2) is 9.96. The molecule has 0 aromatic heterocycles. The lowest BCUT2D eigenvalue weighted by molar-refractivity contribution is 1.07. The fourth-order valence-corrected chi connectivity index (χ4v) is 6.91. The van der Waals surface area contributed by atoms with Gasteiger partial charge in [0.05, 0.1) is 0 Å². The molecule has 0 fully saturated rings. The summed E-state index contributed by atoms with van der Waals surface area (Å²) in [6, 6.07) is 47.8. The molecule has 0 bridgehead atoms. The Labute approximate surface area is 197 Å². The highest BCUT2D eigenvalue weighted by Crippen LogP contribution is 2.42. The molecule has 0 aliphatic carbocycles. The molecule has 0 atom stereocenters. The maximum absolute atomic E-state index is 6.20. The van der Waals surface area contributed by atoms with Gasteiger partial charge in [-0.05, 0) is 58.5 Å². The van der Waals surface area contributed by atoms with Crippen molar-refractivity contribution in [1.29, 1.82) is 0 Å². The molecule has 0 spiro atoms. The Morgan fingerprint density at radius 2 is 0.848 bits per heavy atom. The van der Waals surface area contributed by atoms with Crippen molar-refractivity contribution in [1.82, 2.24) is 0 Å². The molecule has 0 amide bonds. The monoisotopic (exact) mass is 443 g/mol. The van der Waals surface area contributed by atoms with Crippen molar-refractivity contribution in [2.75, 3.05) is 0 Å². The maximum atomic E-state index is 6.20. The van der Waals surface area contributed by atoms with Crippen LogP contribution in [-0.2, 0) is 6.54 Å². The van der Waals surface area contributed by atoms with Gasteiger partial charge in [-0.3, -0.25) is 0 Å². The van der Waals surface area contributed by atoms with E-state index in [1.807, 2.05) is 0 Å². The van der Waals surface area contributed by atoms with Crippen LogP contribution in [0, 0.1) is 0 Å². The molecule has 1 nitrogen and oxygen atoms in total. The van der Waals surface area contributed by atoms with E-state index in [9.17, 15) is 0 Å². The van der Waals surface area contributed by atoms with Crippen LogP contribution in [-0.4, -0.2) is 0 Å². The topological polar surface area (TPSA) is 26.0 Å². The molecule has 0 radical (unpaired) electrons. The quantitative estimate of drug-likeness (QED) is 0.309. The van der Waals surface area contributed by atoms with Crippen LogP contribution in [0.3, 0.4) is 0 Å². The van der Waals surface area contributed by atoms with E-state index in [-0.39, 0.29) is 0 Å². The van der Waals surface area contributed by atoms with Crippen LogP contribution in [0.5, 0.6) is 0 Å². The van der Waals surface area contributed by atoms with Gasteiger partial charge in [0.15, 0.2) is 0 Å². The smallest absolute Gasteiger partial charge is 0.0178 e. The SMILES string of the molecule is NCc1cc(-c2ccccc2)c(P(c2ccccc2)c2ccccc2)c(-c2ccccc2)c1. The summed E-state index contributed by atoms with van der Waals surface area (Å²) < 4.78 is 0. The number of hydrogen-bond donors (Lipinski definition) is 1. The lowest BCUT2D eigenvalue weighted by Crippen LogP contribution is -2.24. The van der Waals surface area contributed by atoms with Crippen molar-refractivity contribution in [3.05, 3.63) is 139 Å². The highest BCUT2D eigenvalue weighted by molar-refractivity contribution is 7.80. The third-order valence-corrected chi connectivity index (χ3v) is 8.39. The highest BCUT2D eigenvalue weighted by atomic mass is 31.1. The van der Waals surface area contributed by atoms with Gasteiger partial charge in [-0.2, -0.15) is 0 Å². The molecular formula is C31H26NP. The minimum Gasteiger partial charge on any atom is -0.326 e. The van der Waals surface area contributed by atoms with Crippen molar-refractivity contribution >= 4 is 23.8 Å². The standard InChI is InChI=1S/C31H26NP/c32-23-24-21-29(25-13-5-1-6-14-25)31(30(22-24)26-15-7-2-8-16-26)33(27-17-9-3-10-18-27)28-19-11-4-12-20-28/h1-22H,23,32H2. The summed E-state index contributed by atoms with van der Waals surface area (Å²) in [6.07, 6.45) is 0. The second-order valence-electron chi connectivity index (χ2n) is 7.98. The van der Waals surface area contributed by atoms with Crippen LogP contribution in [0.1, 0.15) is 5.56 Å². The lowest BCUT2D eigenvalue weighted by Gasteiger charge is -2.26. The summed E-state index contributed by atoms with van der Waals surface area (Å²) in [5.74, 6) is 0. The van der Waals surface area contributed by atoms with Gasteiger partial charge in [0.1, 0.15) is 0 Å². The number of hydrogen-bond acceptors (Lipinski definition) is 1. The Balaban J connectivity index is 1.89. The van der Waals surface area contributed by atoms with Crippen LogP contribution >= 0.6 is 7.92 Å². The molecule has 2 heteroatoms. The van der Waals surface area contributed by atoms with E-state index >= 15 is 0 Å². The normalized spacial score (nSPS) is 11.0. The van der Waals surface area contributed by atoms with Crippen LogP contribution < -0.4 is 21.6 Å². The molecule has 5 rings (SSSR count). The number of benzene rings is 5. The van der Waals surface area contributed by atoms with Crippen molar-refractivity contribution in [3.8, 4) is 22.3 Å². The molecule has 5 aromatic carbocycles. The van der Waals surface area contributed by atoms with Crippen LogP contribution in [0.2, 0.25) is 0 Å². The Morgan fingerprint density at radius 1 is 0.485 bits per heavy atom. The molecule has 0 heterocycles. The van der Waals surface area contributed by atoms with E-state index in [4.69, 9.17) is 5.73 Å². The van der Waals surface area contributed by atoms with Gasteiger partial charge in [0.2, 0.25) is 0 Å². The number of rotatable bonds is 6. The third kappa shape index (κ3) is 4.52. The fraction of sp³-hybridized carbons (Fsp3) is 0.0323. The first kappa shape index (κ1) is 21.3. The van der Waals surface area contributed by atoms with Gasteiger partial charge >= 0.3 is 0 Å². The predicted octanol–water partition coefficient (Wildman–Crippen LogP) is 6.24. The predicted molar refractivity (Wildman–Crippen MR) is 144 cm³/mol. The molecule has 0 saturated carbocycles. The minimum atomic E-state index is -0.793. The van der Waals surface area contributed by atoms with Crippen molar-refractivity contribution in [2.45, 2.75) is 6.54 Å². The largest absolute Gasteiger partial charge is 0.326 e. The van der Waals surface area contributed by atoms with Gasteiger partial charge in [0.25, 0.3) is 0 Å².